The minimum absolute atomic E-state index is 0.0695. The van der Waals surface area contributed by atoms with Crippen LogP contribution in [0.2, 0.25) is 0 Å². The van der Waals surface area contributed by atoms with E-state index in [2.05, 4.69) is 16.6 Å². The van der Waals surface area contributed by atoms with Crippen molar-refractivity contribution in [3.05, 3.63) is 12.2 Å². The Hall–Kier alpha value is -1.32. The third kappa shape index (κ3) is 7.05. The highest BCUT2D eigenvalue weighted by Gasteiger charge is 2.05. The molecule has 0 spiro atoms. The first-order valence-electron chi connectivity index (χ1n) is 4.13. The zero-order valence-electron chi connectivity index (χ0n) is 8.05. The summed E-state index contributed by atoms with van der Waals surface area (Å²) in [6.07, 6.45) is 0.249. The zero-order valence-corrected chi connectivity index (χ0v) is 8.05. The Labute approximate surface area is 78.0 Å². The number of carbonyl (C=O) groups is 2. The van der Waals surface area contributed by atoms with Gasteiger partial charge in [-0.15, -0.1) is 0 Å². The summed E-state index contributed by atoms with van der Waals surface area (Å²) in [5.41, 5.74) is 0.765. The second-order valence-electron chi connectivity index (χ2n) is 2.72. The number of amides is 1. The molecule has 0 aromatic heterocycles. The van der Waals surface area contributed by atoms with Gasteiger partial charge in [0, 0.05) is 6.42 Å². The number of nitrogens with one attached hydrogen (secondary N) is 1. The molecule has 0 aromatic carbocycles. The monoisotopic (exact) mass is 185 g/mol. The number of rotatable bonds is 5. The largest absolute Gasteiger partial charge is 0.465 e. The minimum atomic E-state index is -0.419. The molecule has 0 aliphatic heterocycles. The maximum absolute atomic E-state index is 11.0. The van der Waals surface area contributed by atoms with E-state index in [1.165, 1.54) is 0 Å². The van der Waals surface area contributed by atoms with Crippen molar-refractivity contribution in [1.82, 2.24) is 5.32 Å². The number of ether oxygens (including phenoxy) is 1. The van der Waals surface area contributed by atoms with Crippen LogP contribution in [0.1, 0.15) is 20.3 Å². The van der Waals surface area contributed by atoms with Gasteiger partial charge in [-0.2, -0.15) is 0 Å². The van der Waals surface area contributed by atoms with Crippen LogP contribution in [-0.2, 0) is 14.3 Å². The van der Waals surface area contributed by atoms with E-state index in [1.54, 1.807) is 13.8 Å². The molecule has 0 aliphatic carbocycles. The molecule has 0 radical (unpaired) electrons. The van der Waals surface area contributed by atoms with Gasteiger partial charge in [0.05, 0.1) is 6.61 Å². The summed E-state index contributed by atoms with van der Waals surface area (Å²) >= 11 is 0. The van der Waals surface area contributed by atoms with E-state index in [0.29, 0.717) is 6.61 Å². The van der Waals surface area contributed by atoms with Crippen molar-refractivity contribution < 1.29 is 14.3 Å². The van der Waals surface area contributed by atoms with E-state index < -0.39 is 5.97 Å². The molecule has 0 atom stereocenters. The van der Waals surface area contributed by atoms with E-state index >= 15 is 0 Å². The zero-order chi connectivity index (χ0) is 10.3. The normalized spacial score (nSPS) is 9.08. The van der Waals surface area contributed by atoms with Crippen molar-refractivity contribution in [2.75, 3.05) is 13.2 Å². The molecule has 13 heavy (non-hydrogen) atoms. The van der Waals surface area contributed by atoms with Gasteiger partial charge < -0.3 is 10.1 Å². The molecule has 0 fully saturated rings. The third-order valence-corrected chi connectivity index (χ3v) is 1.20. The average molecular weight is 185 g/mol. The SMILES string of the molecule is C=C(C)CC(=O)NCC(=O)OCC. The summed E-state index contributed by atoms with van der Waals surface area (Å²) in [5.74, 6) is -0.627. The predicted octanol–water partition coefficient (Wildman–Crippen LogP) is 0.632. The second-order valence-corrected chi connectivity index (χ2v) is 2.72. The Bertz CT molecular complexity index is 211. The Kier molecular flexibility index (Phi) is 5.59. The van der Waals surface area contributed by atoms with Crippen molar-refractivity contribution in [3.8, 4) is 0 Å². The van der Waals surface area contributed by atoms with Crippen molar-refractivity contribution >= 4 is 11.9 Å². The lowest BCUT2D eigenvalue weighted by Gasteiger charge is -2.04. The van der Waals surface area contributed by atoms with Crippen LogP contribution in [0.3, 0.4) is 0 Å². The van der Waals surface area contributed by atoms with Crippen molar-refractivity contribution in [3.63, 3.8) is 0 Å². The number of carbonyl (C=O) groups excluding carboxylic acids is 2. The first-order chi connectivity index (χ1) is 6.06. The number of hydrogen-bond acceptors (Lipinski definition) is 3. The van der Waals surface area contributed by atoms with Gasteiger partial charge in [-0.25, -0.2) is 0 Å². The lowest BCUT2D eigenvalue weighted by Crippen LogP contribution is -2.30. The van der Waals surface area contributed by atoms with Crippen LogP contribution in [0.5, 0.6) is 0 Å². The van der Waals surface area contributed by atoms with E-state index in [1.807, 2.05) is 0 Å². The average Bonchev–Trinajstić information content (AvgIpc) is 2.00. The van der Waals surface area contributed by atoms with Gasteiger partial charge >= 0.3 is 5.97 Å². The molecule has 0 aliphatic rings. The highest BCUT2D eigenvalue weighted by molar-refractivity contribution is 5.83. The first kappa shape index (κ1) is 11.7. The molecule has 0 unspecified atom stereocenters. The standard InChI is InChI=1S/C9H15NO3/c1-4-13-9(12)6-10-8(11)5-7(2)3/h2,4-6H2,1,3H3,(H,10,11). The molecule has 1 N–H and O–H groups in total. The molecule has 1 amide bonds. The molecular weight excluding hydrogens is 170 g/mol. The summed E-state index contributed by atoms with van der Waals surface area (Å²) in [4.78, 5) is 21.8. The van der Waals surface area contributed by atoms with Crippen LogP contribution < -0.4 is 5.32 Å². The van der Waals surface area contributed by atoms with Crippen LogP contribution in [-0.4, -0.2) is 25.0 Å². The van der Waals surface area contributed by atoms with Crippen molar-refractivity contribution in [2.45, 2.75) is 20.3 Å². The Morgan fingerprint density at radius 2 is 2.08 bits per heavy atom. The molecule has 0 heterocycles. The predicted molar refractivity (Wildman–Crippen MR) is 49.1 cm³/mol. The maximum Gasteiger partial charge on any atom is 0.325 e. The summed E-state index contributed by atoms with van der Waals surface area (Å²) in [6.45, 7) is 7.31. The summed E-state index contributed by atoms with van der Waals surface area (Å²) in [6, 6.07) is 0. The summed E-state index contributed by atoms with van der Waals surface area (Å²) in [7, 11) is 0. The smallest absolute Gasteiger partial charge is 0.325 e. The van der Waals surface area contributed by atoms with Gasteiger partial charge in [0.15, 0.2) is 0 Å². The molecule has 0 saturated carbocycles. The summed E-state index contributed by atoms with van der Waals surface area (Å²) < 4.78 is 4.62. The van der Waals surface area contributed by atoms with E-state index in [0.717, 1.165) is 5.57 Å². The van der Waals surface area contributed by atoms with Crippen molar-refractivity contribution in [1.29, 1.82) is 0 Å². The molecule has 74 valence electrons. The van der Waals surface area contributed by atoms with Crippen LogP contribution in [0.25, 0.3) is 0 Å². The molecule has 0 saturated heterocycles. The quantitative estimate of drug-likeness (QED) is 0.505. The highest BCUT2D eigenvalue weighted by Crippen LogP contribution is 1.93. The van der Waals surface area contributed by atoms with Crippen LogP contribution in [0, 0.1) is 0 Å². The Morgan fingerprint density at radius 1 is 1.46 bits per heavy atom. The minimum Gasteiger partial charge on any atom is -0.465 e. The second kappa shape index (κ2) is 6.22. The fourth-order valence-corrected chi connectivity index (χ4v) is 0.719. The highest BCUT2D eigenvalue weighted by atomic mass is 16.5. The van der Waals surface area contributed by atoms with Gasteiger partial charge in [0.1, 0.15) is 6.54 Å². The molecule has 0 bridgehead atoms. The topological polar surface area (TPSA) is 55.4 Å². The first-order valence-corrected chi connectivity index (χ1v) is 4.13. The number of esters is 1. The van der Waals surface area contributed by atoms with Gasteiger partial charge in [-0.05, 0) is 13.8 Å². The fourth-order valence-electron chi connectivity index (χ4n) is 0.719. The summed E-state index contributed by atoms with van der Waals surface area (Å²) in [5, 5.41) is 2.42. The van der Waals surface area contributed by atoms with Crippen LogP contribution >= 0.6 is 0 Å². The van der Waals surface area contributed by atoms with Crippen LogP contribution in [0.15, 0.2) is 12.2 Å². The van der Waals surface area contributed by atoms with Gasteiger partial charge in [0.2, 0.25) is 5.91 Å². The van der Waals surface area contributed by atoms with Crippen LogP contribution in [0.4, 0.5) is 0 Å². The third-order valence-electron chi connectivity index (χ3n) is 1.20. The molecule has 0 aromatic rings. The van der Waals surface area contributed by atoms with Crippen molar-refractivity contribution in [2.24, 2.45) is 0 Å². The van der Waals surface area contributed by atoms with Gasteiger partial charge in [0.25, 0.3) is 0 Å². The lowest BCUT2D eigenvalue weighted by atomic mass is 10.2. The molecule has 4 nitrogen and oxygen atoms in total. The fraction of sp³-hybridized carbons (Fsp3) is 0.556. The molecular formula is C9H15NO3. The molecule has 4 heteroatoms. The van der Waals surface area contributed by atoms with Gasteiger partial charge in [-0.3, -0.25) is 9.59 Å². The van der Waals surface area contributed by atoms with E-state index in [9.17, 15) is 9.59 Å². The molecule has 0 rings (SSSR count). The lowest BCUT2D eigenvalue weighted by molar-refractivity contribution is -0.143. The maximum atomic E-state index is 11.0. The van der Waals surface area contributed by atoms with E-state index in [-0.39, 0.29) is 18.9 Å². The number of hydrogen-bond donors (Lipinski definition) is 1. The Morgan fingerprint density at radius 3 is 2.54 bits per heavy atom. The van der Waals surface area contributed by atoms with E-state index in [4.69, 9.17) is 0 Å². The van der Waals surface area contributed by atoms with Gasteiger partial charge in [-0.1, -0.05) is 12.2 Å². The Balaban J connectivity index is 3.58.